The second kappa shape index (κ2) is 15.3. The Kier molecular flexibility index (Phi) is 15.1. The summed E-state index contributed by atoms with van der Waals surface area (Å²) in [6, 6.07) is 0. The Bertz CT molecular complexity index is 639. The number of hydrogen-bond acceptors (Lipinski definition) is 9. The molecular weight excluding hydrogens is 420 g/mol. The molecule has 0 aliphatic heterocycles. The van der Waals surface area contributed by atoms with Crippen molar-refractivity contribution in [3.05, 3.63) is 0 Å². The Labute approximate surface area is 190 Å². The van der Waals surface area contributed by atoms with Crippen molar-refractivity contribution in [2.24, 2.45) is 10.8 Å². The molecule has 0 amide bonds. The summed E-state index contributed by atoms with van der Waals surface area (Å²) < 4.78 is 14.6. The SMILES string of the molecule is CCC(C)(CC)COC(=O)C(C)=O.CCC(CC)(COC(=O)C(C)=O)COC(=O)C(C)=O. The number of rotatable bonds is 13. The number of carbonyl (C=O) groups is 6. The van der Waals surface area contributed by atoms with Crippen LogP contribution in [0.3, 0.4) is 0 Å². The van der Waals surface area contributed by atoms with Crippen molar-refractivity contribution in [2.75, 3.05) is 19.8 Å². The van der Waals surface area contributed by atoms with Gasteiger partial charge in [-0.1, -0.05) is 34.6 Å². The number of ether oxygens (including phenoxy) is 3. The molecule has 0 aromatic carbocycles. The molecule has 0 rings (SSSR count). The van der Waals surface area contributed by atoms with Gasteiger partial charge in [0.15, 0.2) is 0 Å². The van der Waals surface area contributed by atoms with Crippen LogP contribution in [-0.4, -0.2) is 55.1 Å². The fraction of sp³-hybridized carbons (Fsp3) is 0.739. The fourth-order valence-corrected chi connectivity index (χ4v) is 2.14. The minimum absolute atomic E-state index is 0.00507. The largest absolute Gasteiger partial charge is 0.459 e. The first-order valence-corrected chi connectivity index (χ1v) is 10.8. The number of carbonyl (C=O) groups excluding carboxylic acids is 6. The predicted molar refractivity (Wildman–Crippen MR) is 117 cm³/mol. The average molecular weight is 459 g/mol. The molecule has 0 aromatic rings. The van der Waals surface area contributed by atoms with E-state index in [1.54, 1.807) is 0 Å². The van der Waals surface area contributed by atoms with Gasteiger partial charge < -0.3 is 14.2 Å². The molecule has 0 bridgehead atoms. The van der Waals surface area contributed by atoms with E-state index in [-0.39, 0.29) is 18.6 Å². The zero-order valence-electron chi connectivity index (χ0n) is 20.6. The summed E-state index contributed by atoms with van der Waals surface area (Å²) in [4.78, 5) is 65.3. The first-order chi connectivity index (χ1) is 14.7. The highest BCUT2D eigenvalue weighted by Crippen LogP contribution is 2.27. The van der Waals surface area contributed by atoms with Gasteiger partial charge in [0, 0.05) is 31.6 Å². The number of hydrogen-bond donors (Lipinski definition) is 0. The maximum Gasteiger partial charge on any atom is 0.374 e. The molecule has 0 spiro atoms. The summed E-state index contributed by atoms with van der Waals surface area (Å²) in [5.41, 5.74) is -0.568. The second-order valence-corrected chi connectivity index (χ2v) is 8.12. The lowest BCUT2D eigenvalue weighted by atomic mass is 9.84. The normalized spacial score (nSPS) is 10.9. The highest BCUT2D eigenvalue weighted by molar-refractivity contribution is 6.33. The lowest BCUT2D eigenvalue weighted by Gasteiger charge is -2.29. The molecule has 0 N–H and O–H groups in total. The number of esters is 3. The van der Waals surface area contributed by atoms with E-state index in [2.05, 4.69) is 0 Å². The van der Waals surface area contributed by atoms with E-state index in [4.69, 9.17) is 14.2 Å². The van der Waals surface area contributed by atoms with E-state index in [0.29, 0.717) is 19.4 Å². The summed E-state index contributed by atoms with van der Waals surface area (Å²) in [5.74, 6) is -4.44. The van der Waals surface area contributed by atoms with Gasteiger partial charge in [-0.3, -0.25) is 14.4 Å². The van der Waals surface area contributed by atoms with Crippen LogP contribution in [0, 0.1) is 10.8 Å². The Balaban J connectivity index is 0. The van der Waals surface area contributed by atoms with Gasteiger partial charge in [0.2, 0.25) is 17.3 Å². The van der Waals surface area contributed by atoms with E-state index in [9.17, 15) is 28.8 Å². The highest BCUT2D eigenvalue weighted by atomic mass is 16.6. The van der Waals surface area contributed by atoms with Crippen molar-refractivity contribution in [1.29, 1.82) is 0 Å². The van der Waals surface area contributed by atoms with Crippen molar-refractivity contribution in [3.63, 3.8) is 0 Å². The first kappa shape index (κ1) is 31.6. The van der Waals surface area contributed by atoms with E-state index in [0.717, 1.165) is 26.7 Å². The lowest BCUT2D eigenvalue weighted by Crippen LogP contribution is -2.35. The third-order valence-electron chi connectivity index (χ3n) is 5.64. The van der Waals surface area contributed by atoms with Gasteiger partial charge in [0.25, 0.3) is 0 Å². The van der Waals surface area contributed by atoms with Gasteiger partial charge in [0.05, 0.1) is 6.61 Å². The summed E-state index contributed by atoms with van der Waals surface area (Å²) in [6.45, 7) is 13.6. The minimum atomic E-state index is -0.913. The molecule has 0 aromatic heterocycles. The Morgan fingerprint density at radius 2 is 0.812 bits per heavy atom. The van der Waals surface area contributed by atoms with Crippen molar-refractivity contribution < 1.29 is 43.0 Å². The maximum atomic E-state index is 11.1. The monoisotopic (exact) mass is 458 g/mol. The summed E-state index contributed by atoms with van der Waals surface area (Å²) in [6.07, 6.45) is 3.04. The molecule has 9 nitrogen and oxygen atoms in total. The van der Waals surface area contributed by atoms with Crippen molar-refractivity contribution in [2.45, 2.75) is 81.1 Å². The van der Waals surface area contributed by atoms with Crippen LogP contribution in [0.4, 0.5) is 0 Å². The fourth-order valence-electron chi connectivity index (χ4n) is 2.14. The van der Waals surface area contributed by atoms with Crippen LogP contribution in [0.15, 0.2) is 0 Å². The zero-order valence-corrected chi connectivity index (χ0v) is 20.6. The molecule has 9 heteroatoms. The van der Waals surface area contributed by atoms with Crippen molar-refractivity contribution in [3.8, 4) is 0 Å². The van der Waals surface area contributed by atoms with E-state index in [1.165, 1.54) is 6.92 Å². The maximum absolute atomic E-state index is 11.1. The molecule has 32 heavy (non-hydrogen) atoms. The predicted octanol–water partition coefficient (Wildman–Crippen LogP) is 3.00. The van der Waals surface area contributed by atoms with Crippen LogP contribution in [0.25, 0.3) is 0 Å². The molecular formula is C23H38O9. The van der Waals surface area contributed by atoms with Crippen LogP contribution in [0.5, 0.6) is 0 Å². The summed E-state index contributed by atoms with van der Waals surface area (Å²) in [5, 5.41) is 0. The van der Waals surface area contributed by atoms with Crippen LogP contribution >= 0.6 is 0 Å². The highest BCUT2D eigenvalue weighted by Gasteiger charge is 2.31. The van der Waals surface area contributed by atoms with Gasteiger partial charge in [0.1, 0.15) is 13.2 Å². The molecule has 0 unspecified atom stereocenters. The van der Waals surface area contributed by atoms with Gasteiger partial charge in [-0.2, -0.15) is 0 Å². The number of ketones is 3. The lowest BCUT2D eigenvalue weighted by molar-refractivity contribution is -0.161. The second-order valence-electron chi connectivity index (χ2n) is 8.12. The van der Waals surface area contributed by atoms with Gasteiger partial charge in [-0.25, -0.2) is 14.4 Å². The molecule has 0 heterocycles. The topological polar surface area (TPSA) is 130 Å². The molecule has 0 aliphatic rings. The van der Waals surface area contributed by atoms with Crippen LogP contribution in [0.2, 0.25) is 0 Å². The molecule has 184 valence electrons. The summed E-state index contributed by atoms with van der Waals surface area (Å²) in [7, 11) is 0. The molecule has 0 saturated carbocycles. The Hall–Kier alpha value is -2.58. The van der Waals surface area contributed by atoms with Gasteiger partial charge in [-0.15, -0.1) is 0 Å². The summed E-state index contributed by atoms with van der Waals surface area (Å²) >= 11 is 0. The molecule has 0 fully saturated rings. The Morgan fingerprint density at radius 3 is 1.03 bits per heavy atom. The smallest absolute Gasteiger partial charge is 0.374 e. The molecule has 0 aliphatic carbocycles. The molecule has 0 saturated heterocycles. The quantitative estimate of drug-likeness (QED) is 0.232. The Morgan fingerprint density at radius 1 is 0.531 bits per heavy atom. The first-order valence-electron chi connectivity index (χ1n) is 10.8. The van der Waals surface area contributed by atoms with Crippen LogP contribution < -0.4 is 0 Å². The standard InChI is InChI=1S/C13H20O6.C10H18O3/c1-5-13(6-2,7-18-11(16)9(3)14)8-19-12(17)10(4)15;1-5-10(4,6-2)7-13-9(12)8(3)11/h5-8H2,1-4H3;5-7H2,1-4H3. The third-order valence-corrected chi connectivity index (χ3v) is 5.64. The van der Waals surface area contributed by atoms with Crippen LogP contribution in [0.1, 0.15) is 81.1 Å². The molecule has 0 atom stereocenters. The van der Waals surface area contributed by atoms with Crippen molar-refractivity contribution in [1.82, 2.24) is 0 Å². The van der Waals surface area contributed by atoms with Crippen molar-refractivity contribution >= 4 is 35.3 Å². The minimum Gasteiger partial charge on any atom is -0.459 e. The average Bonchev–Trinajstić information content (AvgIpc) is 2.77. The van der Waals surface area contributed by atoms with Gasteiger partial charge >= 0.3 is 17.9 Å². The van der Waals surface area contributed by atoms with E-state index >= 15 is 0 Å². The number of Topliss-reactive ketones (excluding diaryl/α,β-unsaturated/α-hetero) is 3. The van der Waals surface area contributed by atoms with E-state index in [1.807, 2.05) is 34.6 Å². The van der Waals surface area contributed by atoms with Crippen LogP contribution in [-0.2, 0) is 43.0 Å². The van der Waals surface area contributed by atoms with Gasteiger partial charge in [-0.05, 0) is 25.7 Å². The molecule has 0 radical (unpaired) electrons. The van der Waals surface area contributed by atoms with E-state index < -0.39 is 40.7 Å². The zero-order chi connectivity index (χ0) is 25.5. The third kappa shape index (κ3) is 12.3.